The van der Waals surface area contributed by atoms with Gasteiger partial charge in [-0.3, -0.25) is 4.79 Å². The first kappa shape index (κ1) is 16.6. The van der Waals surface area contributed by atoms with Crippen LogP contribution >= 0.6 is 0 Å². The van der Waals surface area contributed by atoms with Crippen molar-refractivity contribution in [3.8, 4) is 0 Å². The molecule has 1 aromatic heterocycles. The van der Waals surface area contributed by atoms with Gasteiger partial charge in [0.15, 0.2) is 0 Å². The first-order chi connectivity index (χ1) is 9.99. The summed E-state index contributed by atoms with van der Waals surface area (Å²) < 4.78 is 0. The van der Waals surface area contributed by atoms with Crippen molar-refractivity contribution in [3.05, 3.63) is 53.8 Å². The second kappa shape index (κ2) is 7.99. The number of anilines is 1. The number of carbonyl (C=O) groups is 1. The summed E-state index contributed by atoms with van der Waals surface area (Å²) in [5.74, 6) is 1.25. The average molecular weight is 286 g/mol. The van der Waals surface area contributed by atoms with Crippen molar-refractivity contribution >= 4 is 11.7 Å². The van der Waals surface area contributed by atoms with Gasteiger partial charge in [0.2, 0.25) is 5.91 Å². The number of nitrogens with zero attached hydrogens (tertiary/aromatic N) is 2. The highest BCUT2D eigenvalue weighted by atomic mass is 16.1. The molecule has 0 radical (unpaired) electrons. The molecule has 1 aromatic rings. The van der Waals surface area contributed by atoms with Crippen LogP contribution < -0.4 is 10.6 Å². The van der Waals surface area contributed by atoms with Crippen molar-refractivity contribution in [1.82, 2.24) is 15.3 Å². The Labute approximate surface area is 125 Å². The average Bonchev–Trinajstić information content (AvgIpc) is 2.48. The summed E-state index contributed by atoms with van der Waals surface area (Å²) >= 11 is 0. The molecule has 0 bridgehead atoms. The molecule has 0 aliphatic heterocycles. The molecular weight excluding hydrogens is 264 g/mol. The van der Waals surface area contributed by atoms with Crippen LogP contribution in [-0.2, 0) is 4.79 Å². The third-order valence-electron chi connectivity index (χ3n) is 2.85. The zero-order valence-electron chi connectivity index (χ0n) is 13.0. The lowest BCUT2D eigenvalue weighted by atomic mass is 10.2. The maximum Gasteiger partial charge on any atom is 0.247 e. The molecule has 0 fully saturated rings. The zero-order valence-corrected chi connectivity index (χ0v) is 13.0. The minimum Gasteiger partial charge on any atom is -0.340 e. The van der Waals surface area contributed by atoms with Gasteiger partial charge >= 0.3 is 0 Å². The fourth-order valence-electron chi connectivity index (χ4n) is 1.61. The highest BCUT2D eigenvalue weighted by Gasteiger charge is 2.04. The first-order valence-corrected chi connectivity index (χ1v) is 6.87. The lowest BCUT2D eigenvalue weighted by Gasteiger charge is -2.12. The van der Waals surface area contributed by atoms with Crippen LogP contribution in [0.4, 0.5) is 5.82 Å². The van der Waals surface area contributed by atoms with Crippen LogP contribution in [0.5, 0.6) is 0 Å². The van der Waals surface area contributed by atoms with Gasteiger partial charge in [0, 0.05) is 23.2 Å². The van der Waals surface area contributed by atoms with Gasteiger partial charge in [0.05, 0.1) is 0 Å². The number of hydrogen-bond donors (Lipinski definition) is 2. The molecule has 5 nitrogen and oxygen atoms in total. The predicted octanol–water partition coefficient (Wildman–Crippen LogP) is 3.01. The van der Waals surface area contributed by atoms with Gasteiger partial charge in [-0.2, -0.15) is 0 Å². The number of carbonyl (C=O) groups excluding carboxylic acids is 1. The van der Waals surface area contributed by atoms with Gasteiger partial charge in [0.25, 0.3) is 0 Å². The van der Waals surface area contributed by atoms with Crippen LogP contribution in [0, 0.1) is 13.8 Å². The van der Waals surface area contributed by atoms with Gasteiger partial charge in [-0.05, 0) is 39.3 Å². The van der Waals surface area contributed by atoms with Gasteiger partial charge in [0.1, 0.15) is 11.6 Å². The highest BCUT2D eigenvalue weighted by molar-refractivity contribution is 5.88. The summed E-state index contributed by atoms with van der Waals surface area (Å²) in [5, 5.41) is 6.03. The molecular formula is C16H22N4O. The summed E-state index contributed by atoms with van der Waals surface area (Å²) in [7, 11) is 0. The number of allylic oxidation sites excluding steroid dienone is 3. The quantitative estimate of drug-likeness (QED) is 0.623. The molecule has 0 spiro atoms. The summed E-state index contributed by atoms with van der Waals surface area (Å²) in [4.78, 5) is 19.9. The summed E-state index contributed by atoms with van der Waals surface area (Å²) in [6.07, 6.45) is 7.55. The Kier molecular flexibility index (Phi) is 6.33. The minimum atomic E-state index is -0.215. The van der Waals surface area contributed by atoms with E-state index < -0.39 is 0 Å². The predicted molar refractivity (Wildman–Crippen MR) is 85.6 cm³/mol. The Morgan fingerprint density at radius 2 is 2.14 bits per heavy atom. The summed E-state index contributed by atoms with van der Waals surface area (Å²) in [6.45, 7) is 11.1. The van der Waals surface area contributed by atoms with Crippen LogP contribution in [0.1, 0.15) is 31.7 Å². The molecule has 0 aromatic carbocycles. The van der Waals surface area contributed by atoms with E-state index in [1.54, 1.807) is 6.20 Å². The molecule has 0 aliphatic rings. The standard InChI is InChI=1S/C16H22N4O/c1-6-13(19-15(21)8-3)9-14(7-2)20-16-11(4)10-17-12(5)18-16/h7-10H,3,6H2,1-2,4-5H3,(H,19,21)(H,17,18,20)/b13-9+,14-7+. The number of aryl methyl sites for hydroxylation is 2. The number of nitrogens with one attached hydrogen (secondary N) is 2. The van der Waals surface area contributed by atoms with E-state index in [9.17, 15) is 4.79 Å². The maximum atomic E-state index is 11.4. The molecule has 2 N–H and O–H groups in total. The smallest absolute Gasteiger partial charge is 0.247 e. The lowest BCUT2D eigenvalue weighted by molar-refractivity contribution is -0.115. The molecule has 1 amide bonds. The van der Waals surface area contributed by atoms with Crippen molar-refractivity contribution in [2.75, 3.05) is 5.32 Å². The number of hydrogen-bond acceptors (Lipinski definition) is 4. The SMILES string of the molecule is C=CC(=O)N/C(=C/C(=C\C)Nc1nc(C)ncc1C)CC. The summed E-state index contributed by atoms with van der Waals surface area (Å²) in [5.41, 5.74) is 2.63. The molecule has 1 rings (SSSR count). The van der Waals surface area contributed by atoms with Gasteiger partial charge in [-0.1, -0.05) is 19.6 Å². The normalized spacial score (nSPS) is 12.0. The highest BCUT2D eigenvalue weighted by Crippen LogP contribution is 2.14. The molecule has 0 atom stereocenters. The molecule has 0 saturated carbocycles. The van der Waals surface area contributed by atoms with E-state index in [0.29, 0.717) is 12.2 Å². The number of rotatable bonds is 6. The fraction of sp³-hybridized carbons (Fsp3) is 0.312. The largest absolute Gasteiger partial charge is 0.340 e. The van der Waals surface area contributed by atoms with E-state index in [1.165, 1.54) is 6.08 Å². The Morgan fingerprint density at radius 1 is 1.43 bits per heavy atom. The number of amides is 1. The first-order valence-electron chi connectivity index (χ1n) is 6.87. The third-order valence-corrected chi connectivity index (χ3v) is 2.85. The molecule has 1 heterocycles. The molecule has 0 unspecified atom stereocenters. The second-order valence-electron chi connectivity index (χ2n) is 4.53. The van der Waals surface area contributed by atoms with Crippen LogP contribution in [0.2, 0.25) is 0 Å². The molecule has 5 heteroatoms. The van der Waals surface area contributed by atoms with Gasteiger partial charge in [-0.15, -0.1) is 0 Å². The van der Waals surface area contributed by atoms with Crippen LogP contribution in [0.3, 0.4) is 0 Å². The van der Waals surface area contributed by atoms with Crippen LogP contribution in [-0.4, -0.2) is 15.9 Å². The van der Waals surface area contributed by atoms with E-state index in [-0.39, 0.29) is 5.91 Å². The molecule has 0 aliphatic carbocycles. The summed E-state index contributed by atoms with van der Waals surface area (Å²) in [6, 6.07) is 0. The van der Waals surface area contributed by atoms with Gasteiger partial charge in [-0.25, -0.2) is 9.97 Å². The van der Waals surface area contributed by atoms with Crippen LogP contribution in [0.25, 0.3) is 0 Å². The van der Waals surface area contributed by atoms with Crippen molar-refractivity contribution in [3.63, 3.8) is 0 Å². The van der Waals surface area contributed by atoms with Crippen molar-refractivity contribution in [2.24, 2.45) is 0 Å². The van der Waals surface area contributed by atoms with E-state index in [4.69, 9.17) is 0 Å². The lowest BCUT2D eigenvalue weighted by Crippen LogP contribution is -2.20. The van der Waals surface area contributed by atoms with E-state index in [1.807, 2.05) is 39.8 Å². The van der Waals surface area contributed by atoms with Crippen molar-refractivity contribution in [1.29, 1.82) is 0 Å². The van der Waals surface area contributed by atoms with Gasteiger partial charge < -0.3 is 10.6 Å². The molecule has 21 heavy (non-hydrogen) atoms. The Morgan fingerprint density at radius 3 is 2.71 bits per heavy atom. The molecule has 112 valence electrons. The van der Waals surface area contributed by atoms with Crippen molar-refractivity contribution in [2.45, 2.75) is 34.1 Å². The topological polar surface area (TPSA) is 66.9 Å². The number of aromatic nitrogens is 2. The fourth-order valence-corrected chi connectivity index (χ4v) is 1.61. The molecule has 0 saturated heterocycles. The zero-order chi connectivity index (χ0) is 15.8. The Bertz CT molecular complexity index is 588. The van der Waals surface area contributed by atoms with E-state index in [0.717, 1.165) is 22.8 Å². The second-order valence-corrected chi connectivity index (χ2v) is 4.53. The van der Waals surface area contributed by atoms with E-state index >= 15 is 0 Å². The van der Waals surface area contributed by atoms with Crippen LogP contribution in [0.15, 0.2) is 42.4 Å². The third kappa shape index (κ3) is 5.22. The Hall–Kier alpha value is -2.43. The minimum absolute atomic E-state index is 0.215. The maximum absolute atomic E-state index is 11.4. The Balaban J connectivity index is 2.95. The monoisotopic (exact) mass is 286 g/mol. The van der Waals surface area contributed by atoms with Crippen molar-refractivity contribution < 1.29 is 4.79 Å². The van der Waals surface area contributed by atoms with E-state index in [2.05, 4.69) is 27.2 Å².